The molecule has 1 atom stereocenters. The van der Waals surface area contributed by atoms with Crippen molar-refractivity contribution in [3.63, 3.8) is 0 Å². The van der Waals surface area contributed by atoms with Gasteiger partial charge < -0.3 is 20.4 Å². The highest BCUT2D eigenvalue weighted by Crippen LogP contribution is 2.19. The number of piperazine rings is 1. The molecule has 0 bridgehead atoms. The van der Waals surface area contributed by atoms with Gasteiger partial charge in [-0.3, -0.25) is 0 Å². The fraction of sp³-hybridized carbons (Fsp3) is 0.409. The van der Waals surface area contributed by atoms with Crippen molar-refractivity contribution in [2.24, 2.45) is 0 Å². The highest BCUT2D eigenvalue weighted by atomic mass is 16.2. The lowest BCUT2D eigenvalue weighted by atomic mass is 10.1. The lowest BCUT2D eigenvalue weighted by molar-refractivity contribution is 0.248. The Morgan fingerprint density at radius 3 is 2.33 bits per heavy atom. The van der Waals surface area contributed by atoms with E-state index in [0.717, 1.165) is 44.7 Å². The van der Waals surface area contributed by atoms with Crippen LogP contribution in [0.4, 0.5) is 16.2 Å². The number of anilines is 2. The zero-order valence-electron chi connectivity index (χ0n) is 16.3. The van der Waals surface area contributed by atoms with Crippen LogP contribution >= 0.6 is 0 Å². The third-order valence-electron chi connectivity index (χ3n) is 5.08. The number of rotatable bonds is 6. The first kappa shape index (κ1) is 19.2. The first-order valence-corrected chi connectivity index (χ1v) is 9.75. The van der Waals surface area contributed by atoms with E-state index in [-0.39, 0.29) is 12.1 Å². The first-order chi connectivity index (χ1) is 13.1. The molecule has 2 aromatic carbocycles. The summed E-state index contributed by atoms with van der Waals surface area (Å²) in [6.07, 6.45) is 1.88. The van der Waals surface area contributed by atoms with Crippen LogP contribution in [0.1, 0.15) is 18.9 Å². The van der Waals surface area contributed by atoms with Crippen molar-refractivity contribution in [2.75, 3.05) is 43.4 Å². The summed E-state index contributed by atoms with van der Waals surface area (Å²) in [5.74, 6) is 0. The largest absolute Gasteiger partial charge is 0.369 e. The van der Waals surface area contributed by atoms with Crippen molar-refractivity contribution < 1.29 is 4.79 Å². The summed E-state index contributed by atoms with van der Waals surface area (Å²) in [6.45, 7) is 6.30. The summed E-state index contributed by atoms with van der Waals surface area (Å²) in [5.41, 5.74) is 3.33. The first-order valence-electron chi connectivity index (χ1n) is 9.75. The Hall–Kier alpha value is -2.53. The van der Waals surface area contributed by atoms with Crippen LogP contribution in [0.25, 0.3) is 0 Å². The maximum absolute atomic E-state index is 12.2. The van der Waals surface area contributed by atoms with Crippen LogP contribution in [0.15, 0.2) is 54.6 Å². The molecule has 0 saturated carbocycles. The van der Waals surface area contributed by atoms with Crippen molar-refractivity contribution in [1.82, 2.24) is 10.2 Å². The number of hydrogen-bond acceptors (Lipinski definition) is 3. The van der Waals surface area contributed by atoms with Gasteiger partial charge in [-0.05, 0) is 56.6 Å². The van der Waals surface area contributed by atoms with E-state index in [1.807, 2.05) is 37.3 Å². The molecule has 0 radical (unpaired) electrons. The summed E-state index contributed by atoms with van der Waals surface area (Å²) in [4.78, 5) is 16.9. The minimum atomic E-state index is -0.150. The lowest BCUT2D eigenvalue weighted by Gasteiger charge is -2.34. The second-order valence-corrected chi connectivity index (χ2v) is 7.36. The van der Waals surface area contributed by atoms with Crippen LogP contribution in [-0.4, -0.2) is 50.2 Å². The number of nitrogens with zero attached hydrogens (tertiary/aromatic N) is 2. The smallest absolute Gasteiger partial charge is 0.319 e. The van der Waals surface area contributed by atoms with Gasteiger partial charge in [0.2, 0.25) is 0 Å². The fourth-order valence-corrected chi connectivity index (χ4v) is 3.31. The van der Waals surface area contributed by atoms with Gasteiger partial charge in [-0.15, -0.1) is 0 Å². The number of carbonyl (C=O) groups is 1. The van der Waals surface area contributed by atoms with Crippen LogP contribution in [-0.2, 0) is 6.42 Å². The lowest BCUT2D eigenvalue weighted by Crippen LogP contribution is -2.44. The molecule has 0 spiro atoms. The molecule has 0 unspecified atom stereocenters. The van der Waals surface area contributed by atoms with Gasteiger partial charge in [-0.25, -0.2) is 4.79 Å². The van der Waals surface area contributed by atoms with Gasteiger partial charge in [-0.2, -0.15) is 0 Å². The molecule has 2 amide bonds. The van der Waals surface area contributed by atoms with E-state index in [1.165, 1.54) is 11.3 Å². The molecule has 0 aliphatic carbocycles. The monoisotopic (exact) mass is 366 g/mol. The standard InChI is InChI=1S/C22H30N4O/c1-18(8-9-19-6-4-3-5-7-19)23-22(27)24-20-10-12-21(13-11-20)26-16-14-25(2)15-17-26/h3-7,10-13,18H,8-9,14-17H2,1-2H3,(H2,23,24,27)/t18-/m1/s1. The van der Waals surface area contributed by atoms with Crippen LogP contribution < -0.4 is 15.5 Å². The number of nitrogens with one attached hydrogen (secondary N) is 2. The van der Waals surface area contributed by atoms with Gasteiger partial charge in [-0.1, -0.05) is 30.3 Å². The quantitative estimate of drug-likeness (QED) is 0.821. The Morgan fingerprint density at radius 2 is 1.67 bits per heavy atom. The van der Waals surface area contributed by atoms with E-state index >= 15 is 0 Å². The summed E-state index contributed by atoms with van der Waals surface area (Å²) in [6, 6.07) is 18.4. The molecule has 5 heteroatoms. The van der Waals surface area contributed by atoms with Crippen LogP contribution in [0, 0.1) is 0 Å². The summed E-state index contributed by atoms with van der Waals surface area (Å²) < 4.78 is 0. The number of likely N-dealkylation sites (N-methyl/N-ethyl adjacent to an activating group) is 1. The Morgan fingerprint density at radius 1 is 1.00 bits per heavy atom. The molecule has 1 aliphatic rings. The Labute approximate surface area is 162 Å². The molecular formula is C22H30N4O. The Balaban J connectivity index is 1.43. The SMILES string of the molecule is C[C@H](CCc1ccccc1)NC(=O)Nc1ccc(N2CCN(C)CC2)cc1. The maximum Gasteiger partial charge on any atom is 0.319 e. The summed E-state index contributed by atoms with van der Waals surface area (Å²) >= 11 is 0. The van der Waals surface area contributed by atoms with E-state index in [4.69, 9.17) is 0 Å². The van der Waals surface area contributed by atoms with E-state index in [9.17, 15) is 4.79 Å². The fourth-order valence-electron chi connectivity index (χ4n) is 3.31. The molecule has 0 aromatic heterocycles. The molecule has 2 aromatic rings. The normalized spacial score (nSPS) is 16.0. The van der Waals surface area contributed by atoms with Gasteiger partial charge in [0, 0.05) is 43.6 Å². The molecule has 27 heavy (non-hydrogen) atoms. The molecule has 2 N–H and O–H groups in total. The van der Waals surface area contributed by atoms with E-state index in [0.29, 0.717) is 0 Å². The Kier molecular flexibility index (Phi) is 6.71. The highest BCUT2D eigenvalue weighted by Gasteiger charge is 2.14. The molecule has 3 rings (SSSR count). The molecule has 144 valence electrons. The number of amides is 2. The van der Waals surface area contributed by atoms with Crippen LogP contribution in [0.2, 0.25) is 0 Å². The van der Waals surface area contributed by atoms with Crippen LogP contribution in [0.3, 0.4) is 0 Å². The molecule has 5 nitrogen and oxygen atoms in total. The van der Waals surface area contributed by atoms with E-state index in [1.54, 1.807) is 0 Å². The average Bonchev–Trinajstić information content (AvgIpc) is 2.68. The number of hydrogen-bond donors (Lipinski definition) is 2. The van der Waals surface area contributed by atoms with Gasteiger partial charge in [0.25, 0.3) is 0 Å². The molecule has 1 saturated heterocycles. The minimum absolute atomic E-state index is 0.120. The zero-order chi connectivity index (χ0) is 19.1. The van der Waals surface area contributed by atoms with Gasteiger partial charge >= 0.3 is 6.03 Å². The number of urea groups is 1. The number of carbonyl (C=O) groups excluding carboxylic acids is 1. The third kappa shape index (κ3) is 6.00. The van der Waals surface area contributed by atoms with E-state index in [2.05, 4.69) is 51.7 Å². The second kappa shape index (κ2) is 9.42. The van der Waals surface area contributed by atoms with Crippen molar-refractivity contribution in [3.8, 4) is 0 Å². The predicted octanol–water partition coefficient (Wildman–Crippen LogP) is 3.58. The molecule has 1 aliphatic heterocycles. The average molecular weight is 367 g/mol. The molecule has 1 fully saturated rings. The van der Waals surface area contributed by atoms with Crippen molar-refractivity contribution in [1.29, 1.82) is 0 Å². The van der Waals surface area contributed by atoms with Gasteiger partial charge in [0.1, 0.15) is 0 Å². The van der Waals surface area contributed by atoms with Crippen molar-refractivity contribution in [3.05, 3.63) is 60.2 Å². The second-order valence-electron chi connectivity index (χ2n) is 7.36. The Bertz CT molecular complexity index is 709. The zero-order valence-corrected chi connectivity index (χ0v) is 16.3. The van der Waals surface area contributed by atoms with Gasteiger partial charge in [0.15, 0.2) is 0 Å². The third-order valence-corrected chi connectivity index (χ3v) is 5.08. The van der Waals surface area contributed by atoms with Gasteiger partial charge in [0.05, 0.1) is 0 Å². The van der Waals surface area contributed by atoms with E-state index < -0.39 is 0 Å². The molecular weight excluding hydrogens is 336 g/mol. The topological polar surface area (TPSA) is 47.6 Å². The molecule has 1 heterocycles. The maximum atomic E-state index is 12.2. The highest BCUT2D eigenvalue weighted by molar-refractivity contribution is 5.89. The van der Waals surface area contributed by atoms with Crippen molar-refractivity contribution in [2.45, 2.75) is 25.8 Å². The van der Waals surface area contributed by atoms with Crippen molar-refractivity contribution >= 4 is 17.4 Å². The predicted molar refractivity (Wildman–Crippen MR) is 113 cm³/mol. The number of aryl methyl sites for hydroxylation is 1. The summed E-state index contributed by atoms with van der Waals surface area (Å²) in [7, 11) is 2.16. The minimum Gasteiger partial charge on any atom is -0.369 e. The number of benzene rings is 2. The van der Waals surface area contributed by atoms with Crippen LogP contribution in [0.5, 0.6) is 0 Å². The summed E-state index contributed by atoms with van der Waals surface area (Å²) in [5, 5.41) is 5.95.